The average Bonchev–Trinajstić information content (AvgIpc) is 3.29. The Balaban J connectivity index is 1.36. The van der Waals surface area contributed by atoms with E-state index in [0.717, 1.165) is 16.7 Å². The first kappa shape index (κ1) is 20.5. The summed E-state index contributed by atoms with van der Waals surface area (Å²) in [5.41, 5.74) is 4.72. The summed E-state index contributed by atoms with van der Waals surface area (Å²) in [6.07, 6.45) is 3.02. The molecule has 7 heteroatoms. The molecule has 7 nitrogen and oxygen atoms in total. The standard InChI is InChI=1S/C26H21N5O2/c32-26(22-13-7-12-21(14-22)20-10-5-2-6-11-20)30-25-23-24(27-16-28-25)29-17-31(23)18-33-15-19-8-3-1-4-9-19/h1-14,16-17H,15,18H2,(H,27,28,30,32). The van der Waals surface area contributed by atoms with Crippen LogP contribution in [-0.4, -0.2) is 25.4 Å². The molecule has 0 fully saturated rings. The van der Waals surface area contributed by atoms with Gasteiger partial charge in [0, 0.05) is 5.56 Å². The molecule has 0 aliphatic heterocycles. The van der Waals surface area contributed by atoms with Crippen LogP contribution < -0.4 is 5.32 Å². The van der Waals surface area contributed by atoms with E-state index in [1.54, 1.807) is 17.0 Å². The van der Waals surface area contributed by atoms with E-state index >= 15 is 0 Å². The van der Waals surface area contributed by atoms with Gasteiger partial charge in [0.15, 0.2) is 11.5 Å². The maximum absolute atomic E-state index is 13.0. The lowest BCUT2D eigenvalue weighted by molar-refractivity contribution is 0.0664. The van der Waals surface area contributed by atoms with Crippen molar-refractivity contribution in [1.82, 2.24) is 19.5 Å². The molecular formula is C26H21N5O2. The van der Waals surface area contributed by atoms with Gasteiger partial charge in [-0.25, -0.2) is 15.0 Å². The Morgan fingerprint density at radius 3 is 2.42 bits per heavy atom. The number of imidazole rings is 1. The molecule has 1 N–H and O–H groups in total. The molecule has 1 amide bonds. The van der Waals surface area contributed by atoms with Gasteiger partial charge in [0.05, 0.1) is 12.9 Å². The number of amides is 1. The minimum atomic E-state index is -0.259. The highest BCUT2D eigenvalue weighted by atomic mass is 16.5. The zero-order valence-corrected chi connectivity index (χ0v) is 17.8. The highest BCUT2D eigenvalue weighted by molar-refractivity contribution is 6.07. The molecule has 0 spiro atoms. The number of carbonyl (C=O) groups is 1. The first-order valence-electron chi connectivity index (χ1n) is 10.5. The smallest absolute Gasteiger partial charge is 0.256 e. The molecule has 0 atom stereocenters. The molecule has 3 aromatic carbocycles. The van der Waals surface area contributed by atoms with Gasteiger partial charge in [0.25, 0.3) is 5.91 Å². The molecule has 5 rings (SSSR count). The normalized spacial score (nSPS) is 10.9. The summed E-state index contributed by atoms with van der Waals surface area (Å²) < 4.78 is 7.62. The zero-order valence-electron chi connectivity index (χ0n) is 17.8. The van der Waals surface area contributed by atoms with Gasteiger partial charge in [-0.3, -0.25) is 4.79 Å². The Labute approximate surface area is 190 Å². The molecular weight excluding hydrogens is 414 g/mol. The van der Waals surface area contributed by atoms with E-state index in [9.17, 15) is 4.79 Å². The van der Waals surface area contributed by atoms with Crippen LogP contribution in [0.1, 0.15) is 15.9 Å². The van der Waals surface area contributed by atoms with Gasteiger partial charge in [-0.1, -0.05) is 72.8 Å². The first-order chi connectivity index (χ1) is 16.3. The fourth-order valence-corrected chi connectivity index (χ4v) is 3.59. The quantitative estimate of drug-likeness (QED) is 0.392. The summed E-state index contributed by atoms with van der Waals surface area (Å²) in [5.74, 6) is 0.127. The molecule has 0 bridgehead atoms. The number of anilines is 1. The second-order valence-corrected chi connectivity index (χ2v) is 7.47. The molecule has 33 heavy (non-hydrogen) atoms. The predicted octanol–water partition coefficient (Wildman–Crippen LogP) is 4.92. The van der Waals surface area contributed by atoms with Crippen molar-refractivity contribution in [2.75, 3.05) is 5.32 Å². The Kier molecular flexibility index (Phi) is 5.86. The molecule has 162 valence electrons. The lowest BCUT2D eigenvalue weighted by atomic mass is 10.0. The number of nitrogens with one attached hydrogen (secondary N) is 1. The molecule has 0 unspecified atom stereocenters. The summed E-state index contributed by atoms with van der Waals surface area (Å²) in [6, 6.07) is 27.3. The van der Waals surface area contributed by atoms with Crippen LogP contribution >= 0.6 is 0 Å². The monoisotopic (exact) mass is 435 g/mol. The van der Waals surface area contributed by atoms with Crippen LogP contribution in [0.5, 0.6) is 0 Å². The SMILES string of the molecule is O=C(Nc1ncnc2ncn(COCc3ccccc3)c12)c1cccc(-c2ccccc2)c1. The van der Waals surface area contributed by atoms with E-state index in [1.165, 1.54) is 6.33 Å². The maximum atomic E-state index is 13.0. The van der Waals surface area contributed by atoms with Gasteiger partial charge in [-0.05, 0) is 28.8 Å². The van der Waals surface area contributed by atoms with Crippen molar-refractivity contribution in [3.05, 3.63) is 109 Å². The maximum Gasteiger partial charge on any atom is 0.256 e. The minimum Gasteiger partial charge on any atom is -0.356 e. The van der Waals surface area contributed by atoms with Crippen molar-refractivity contribution in [1.29, 1.82) is 0 Å². The van der Waals surface area contributed by atoms with E-state index in [4.69, 9.17) is 4.74 Å². The van der Waals surface area contributed by atoms with Crippen LogP contribution in [0, 0.1) is 0 Å². The summed E-state index contributed by atoms with van der Waals surface area (Å²) in [6.45, 7) is 0.716. The molecule has 5 aromatic rings. The number of rotatable bonds is 7. The Bertz CT molecular complexity index is 1380. The van der Waals surface area contributed by atoms with Crippen LogP contribution in [-0.2, 0) is 18.1 Å². The van der Waals surface area contributed by atoms with Crippen molar-refractivity contribution in [3.8, 4) is 11.1 Å². The zero-order chi connectivity index (χ0) is 22.5. The molecule has 2 aromatic heterocycles. The highest BCUT2D eigenvalue weighted by Gasteiger charge is 2.15. The first-order valence-corrected chi connectivity index (χ1v) is 10.5. The molecule has 0 radical (unpaired) electrons. The molecule has 2 heterocycles. The number of aromatic nitrogens is 4. The molecule has 0 aliphatic rings. The van der Waals surface area contributed by atoms with Gasteiger partial charge in [-0.15, -0.1) is 0 Å². The number of carbonyl (C=O) groups excluding carboxylic acids is 1. The number of hydrogen-bond acceptors (Lipinski definition) is 5. The summed E-state index contributed by atoms with van der Waals surface area (Å²) in [5, 5.41) is 2.91. The number of nitrogens with zero attached hydrogens (tertiary/aromatic N) is 4. The number of benzene rings is 3. The van der Waals surface area contributed by atoms with Gasteiger partial charge < -0.3 is 14.6 Å². The van der Waals surface area contributed by atoms with Crippen molar-refractivity contribution in [2.24, 2.45) is 0 Å². The van der Waals surface area contributed by atoms with E-state index in [2.05, 4.69) is 20.3 Å². The van der Waals surface area contributed by atoms with Crippen LogP contribution in [0.3, 0.4) is 0 Å². The summed E-state index contributed by atoms with van der Waals surface area (Å²) in [4.78, 5) is 25.9. The third kappa shape index (κ3) is 4.63. The van der Waals surface area contributed by atoms with Gasteiger partial charge in [0.1, 0.15) is 18.6 Å². The highest BCUT2D eigenvalue weighted by Crippen LogP contribution is 2.22. The van der Waals surface area contributed by atoms with E-state index in [0.29, 0.717) is 29.2 Å². The van der Waals surface area contributed by atoms with Crippen LogP contribution in [0.2, 0.25) is 0 Å². The fourth-order valence-electron chi connectivity index (χ4n) is 3.59. The van der Waals surface area contributed by atoms with Crippen LogP contribution in [0.4, 0.5) is 5.82 Å². The van der Waals surface area contributed by atoms with Crippen molar-refractivity contribution in [2.45, 2.75) is 13.3 Å². The average molecular weight is 435 g/mol. The van der Waals surface area contributed by atoms with E-state index < -0.39 is 0 Å². The molecule has 0 aliphatic carbocycles. The van der Waals surface area contributed by atoms with E-state index in [1.807, 2.05) is 78.9 Å². The summed E-state index contributed by atoms with van der Waals surface area (Å²) in [7, 11) is 0. The molecule has 0 saturated heterocycles. The van der Waals surface area contributed by atoms with Gasteiger partial charge >= 0.3 is 0 Å². The van der Waals surface area contributed by atoms with Crippen molar-refractivity contribution in [3.63, 3.8) is 0 Å². The third-order valence-electron chi connectivity index (χ3n) is 5.22. The van der Waals surface area contributed by atoms with Crippen molar-refractivity contribution < 1.29 is 9.53 Å². The second-order valence-electron chi connectivity index (χ2n) is 7.47. The van der Waals surface area contributed by atoms with Crippen LogP contribution in [0.25, 0.3) is 22.3 Å². The minimum absolute atomic E-state index is 0.255. The Morgan fingerprint density at radius 2 is 1.61 bits per heavy atom. The van der Waals surface area contributed by atoms with Gasteiger partial charge in [0.2, 0.25) is 0 Å². The van der Waals surface area contributed by atoms with Gasteiger partial charge in [-0.2, -0.15) is 0 Å². The Morgan fingerprint density at radius 1 is 0.848 bits per heavy atom. The van der Waals surface area contributed by atoms with Crippen molar-refractivity contribution >= 4 is 22.9 Å². The number of ether oxygens (including phenoxy) is 1. The Hall–Kier alpha value is -4.36. The summed E-state index contributed by atoms with van der Waals surface area (Å²) >= 11 is 0. The lowest BCUT2D eigenvalue weighted by Crippen LogP contribution is -2.14. The van der Waals surface area contributed by atoms with Crippen LogP contribution in [0.15, 0.2) is 97.6 Å². The molecule has 0 saturated carbocycles. The topological polar surface area (TPSA) is 81.9 Å². The second kappa shape index (κ2) is 9.42. The van der Waals surface area contributed by atoms with E-state index in [-0.39, 0.29) is 12.6 Å². The lowest BCUT2D eigenvalue weighted by Gasteiger charge is -2.10. The third-order valence-corrected chi connectivity index (χ3v) is 5.22. The number of fused-ring (bicyclic) bond motifs is 1. The largest absolute Gasteiger partial charge is 0.356 e. The fraction of sp³-hybridized carbons (Fsp3) is 0.0769. The predicted molar refractivity (Wildman–Crippen MR) is 126 cm³/mol. The number of hydrogen-bond donors (Lipinski definition) is 1.